The number of hydrogen-bond donors (Lipinski definition) is 3. The monoisotopic (exact) mass is 334 g/mol. The van der Waals surface area contributed by atoms with Crippen molar-refractivity contribution in [3.8, 4) is 11.3 Å². The SMILES string of the molecule is COC(=O)c1ccc(-c2ccc(C[NH2+]CC[NH2+]C[C@@H](C)O)o2)cc1. The highest BCUT2D eigenvalue weighted by atomic mass is 16.5. The average Bonchev–Trinajstić information content (AvgIpc) is 3.06. The molecule has 0 saturated heterocycles. The van der Waals surface area contributed by atoms with Gasteiger partial charge in [0.25, 0.3) is 0 Å². The van der Waals surface area contributed by atoms with Crippen molar-refractivity contribution in [2.24, 2.45) is 0 Å². The van der Waals surface area contributed by atoms with Crippen LogP contribution in [0.5, 0.6) is 0 Å². The van der Waals surface area contributed by atoms with Crippen LogP contribution >= 0.6 is 0 Å². The van der Waals surface area contributed by atoms with Gasteiger partial charge in [-0.2, -0.15) is 0 Å². The summed E-state index contributed by atoms with van der Waals surface area (Å²) in [6.07, 6.45) is -0.261. The van der Waals surface area contributed by atoms with Gasteiger partial charge in [-0.3, -0.25) is 0 Å². The predicted molar refractivity (Wildman–Crippen MR) is 89.3 cm³/mol. The fourth-order valence-corrected chi connectivity index (χ4v) is 2.37. The van der Waals surface area contributed by atoms with E-state index >= 15 is 0 Å². The molecule has 0 bridgehead atoms. The third-order valence-electron chi connectivity index (χ3n) is 3.68. The number of carbonyl (C=O) groups is 1. The lowest BCUT2D eigenvalue weighted by atomic mass is 10.1. The topological polar surface area (TPSA) is 92.9 Å². The summed E-state index contributed by atoms with van der Waals surface area (Å²) in [4.78, 5) is 11.4. The van der Waals surface area contributed by atoms with Gasteiger partial charge in [0, 0.05) is 5.56 Å². The van der Waals surface area contributed by atoms with E-state index in [2.05, 4.69) is 15.4 Å². The maximum Gasteiger partial charge on any atom is 0.337 e. The quantitative estimate of drug-likeness (QED) is 0.435. The van der Waals surface area contributed by atoms with Gasteiger partial charge in [0.2, 0.25) is 0 Å². The fourth-order valence-electron chi connectivity index (χ4n) is 2.37. The number of quaternary nitrogens is 2. The van der Waals surface area contributed by atoms with Crippen molar-refractivity contribution in [3.63, 3.8) is 0 Å². The summed E-state index contributed by atoms with van der Waals surface area (Å²) in [5.41, 5.74) is 1.45. The van der Waals surface area contributed by atoms with Crippen LogP contribution in [0.2, 0.25) is 0 Å². The lowest BCUT2D eigenvalue weighted by Crippen LogP contribution is -2.95. The van der Waals surface area contributed by atoms with Gasteiger partial charge in [-0.1, -0.05) is 12.1 Å². The minimum atomic E-state index is -0.344. The number of hydrogen-bond acceptors (Lipinski definition) is 4. The van der Waals surface area contributed by atoms with Gasteiger partial charge >= 0.3 is 5.97 Å². The number of ether oxygens (including phenoxy) is 1. The van der Waals surface area contributed by atoms with Crippen molar-refractivity contribution in [2.75, 3.05) is 26.7 Å². The van der Waals surface area contributed by atoms with Crippen LogP contribution in [0.25, 0.3) is 11.3 Å². The highest BCUT2D eigenvalue weighted by Crippen LogP contribution is 2.22. The molecule has 24 heavy (non-hydrogen) atoms. The number of methoxy groups -OCH3 is 1. The van der Waals surface area contributed by atoms with Crippen LogP contribution in [-0.4, -0.2) is 43.9 Å². The molecule has 6 heteroatoms. The molecule has 0 radical (unpaired) electrons. The van der Waals surface area contributed by atoms with Crippen molar-refractivity contribution < 1.29 is 29.7 Å². The number of benzene rings is 1. The van der Waals surface area contributed by atoms with E-state index in [1.807, 2.05) is 24.3 Å². The number of aliphatic hydroxyl groups excluding tert-OH is 1. The summed E-state index contributed by atoms with van der Waals surface area (Å²) in [5.74, 6) is 1.36. The molecule has 1 aromatic carbocycles. The molecule has 0 aliphatic heterocycles. The van der Waals surface area contributed by atoms with Gasteiger partial charge in [-0.05, 0) is 31.2 Å². The fraction of sp³-hybridized carbons (Fsp3) is 0.389. The van der Waals surface area contributed by atoms with Crippen LogP contribution in [0.4, 0.5) is 0 Å². The number of aliphatic hydroxyl groups is 1. The Hall–Kier alpha value is -2.15. The van der Waals surface area contributed by atoms with E-state index in [-0.39, 0.29) is 12.1 Å². The molecule has 2 rings (SSSR count). The Labute approximate surface area is 141 Å². The van der Waals surface area contributed by atoms with Crippen molar-refractivity contribution in [1.82, 2.24) is 0 Å². The second-order valence-corrected chi connectivity index (χ2v) is 5.78. The molecular weight excluding hydrogens is 308 g/mol. The molecule has 0 fully saturated rings. The summed E-state index contributed by atoms with van der Waals surface area (Å²) >= 11 is 0. The highest BCUT2D eigenvalue weighted by Gasteiger charge is 2.09. The highest BCUT2D eigenvalue weighted by molar-refractivity contribution is 5.89. The van der Waals surface area contributed by atoms with E-state index in [1.54, 1.807) is 19.1 Å². The van der Waals surface area contributed by atoms with Crippen molar-refractivity contribution in [1.29, 1.82) is 0 Å². The maximum absolute atomic E-state index is 11.4. The molecular formula is C18H26N2O4+2. The predicted octanol–water partition coefficient (Wildman–Crippen LogP) is -0.259. The van der Waals surface area contributed by atoms with E-state index in [1.165, 1.54) is 7.11 Å². The summed E-state index contributed by atoms with van der Waals surface area (Å²) in [6, 6.07) is 11.1. The molecule has 0 aliphatic rings. The lowest BCUT2D eigenvalue weighted by molar-refractivity contribution is -0.733. The first-order valence-electron chi connectivity index (χ1n) is 8.19. The van der Waals surface area contributed by atoms with Crippen molar-refractivity contribution in [2.45, 2.75) is 19.6 Å². The van der Waals surface area contributed by atoms with Crippen LogP contribution in [0, 0.1) is 0 Å². The average molecular weight is 334 g/mol. The molecule has 0 saturated carbocycles. The summed E-state index contributed by atoms with van der Waals surface area (Å²) in [6.45, 7) is 5.25. The summed E-state index contributed by atoms with van der Waals surface area (Å²) in [7, 11) is 1.37. The molecule has 2 aromatic rings. The first-order chi connectivity index (χ1) is 11.6. The number of nitrogens with two attached hydrogens (primary N) is 2. The smallest absolute Gasteiger partial charge is 0.337 e. The summed E-state index contributed by atoms with van der Waals surface area (Å²) < 4.78 is 10.5. The Morgan fingerprint density at radius 1 is 1.17 bits per heavy atom. The molecule has 1 heterocycles. The number of esters is 1. The van der Waals surface area contributed by atoms with Crippen LogP contribution < -0.4 is 10.6 Å². The molecule has 0 unspecified atom stereocenters. The van der Waals surface area contributed by atoms with Gasteiger partial charge < -0.3 is 24.9 Å². The van der Waals surface area contributed by atoms with Gasteiger partial charge in [0.1, 0.15) is 31.9 Å². The number of rotatable bonds is 9. The van der Waals surface area contributed by atoms with Gasteiger partial charge in [0.15, 0.2) is 5.76 Å². The van der Waals surface area contributed by atoms with E-state index in [0.29, 0.717) is 5.56 Å². The van der Waals surface area contributed by atoms with E-state index in [9.17, 15) is 9.90 Å². The Morgan fingerprint density at radius 3 is 2.54 bits per heavy atom. The van der Waals surface area contributed by atoms with Gasteiger partial charge in [-0.25, -0.2) is 4.79 Å². The van der Waals surface area contributed by atoms with Gasteiger partial charge in [0.05, 0.1) is 18.8 Å². The molecule has 1 aromatic heterocycles. The molecule has 130 valence electrons. The molecule has 0 amide bonds. The first-order valence-corrected chi connectivity index (χ1v) is 8.19. The Balaban J connectivity index is 1.81. The molecule has 5 N–H and O–H groups in total. The number of carbonyl (C=O) groups excluding carboxylic acids is 1. The van der Waals surface area contributed by atoms with Crippen LogP contribution in [0.3, 0.4) is 0 Å². The third kappa shape index (κ3) is 5.49. The van der Waals surface area contributed by atoms with Crippen LogP contribution in [0.15, 0.2) is 40.8 Å². The first kappa shape index (κ1) is 18.2. The second-order valence-electron chi connectivity index (χ2n) is 5.78. The third-order valence-corrected chi connectivity index (χ3v) is 3.68. The van der Waals surface area contributed by atoms with E-state index in [0.717, 1.165) is 43.3 Å². The molecule has 0 aliphatic carbocycles. The Bertz CT molecular complexity index is 635. The lowest BCUT2D eigenvalue weighted by Gasteiger charge is -2.03. The standard InChI is InChI=1S/C18H24N2O4/c1-13(21)11-19-9-10-20-12-16-7-8-17(24-16)14-3-5-15(6-4-14)18(22)23-2/h3-8,13,19-21H,9-12H2,1-2H3/p+2/t13-/m1/s1. The van der Waals surface area contributed by atoms with Gasteiger partial charge in [-0.15, -0.1) is 0 Å². The molecule has 6 nitrogen and oxygen atoms in total. The van der Waals surface area contributed by atoms with Crippen LogP contribution in [0.1, 0.15) is 23.0 Å². The minimum Gasteiger partial charge on any atom is -0.465 e. The zero-order valence-corrected chi connectivity index (χ0v) is 14.2. The zero-order valence-electron chi connectivity index (χ0n) is 14.2. The Kier molecular flexibility index (Phi) is 6.99. The minimum absolute atomic E-state index is 0.261. The van der Waals surface area contributed by atoms with Crippen LogP contribution in [-0.2, 0) is 11.3 Å². The second kappa shape index (κ2) is 9.22. The number of furan rings is 1. The molecule has 1 atom stereocenters. The maximum atomic E-state index is 11.4. The van der Waals surface area contributed by atoms with E-state index < -0.39 is 0 Å². The van der Waals surface area contributed by atoms with Crippen molar-refractivity contribution >= 4 is 5.97 Å². The Morgan fingerprint density at radius 2 is 1.88 bits per heavy atom. The normalized spacial score (nSPS) is 12.1. The van der Waals surface area contributed by atoms with E-state index in [4.69, 9.17) is 4.42 Å². The molecule has 0 spiro atoms. The summed E-state index contributed by atoms with van der Waals surface area (Å²) in [5, 5.41) is 13.5. The largest absolute Gasteiger partial charge is 0.465 e. The zero-order chi connectivity index (χ0) is 17.4. The van der Waals surface area contributed by atoms with Crippen molar-refractivity contribution in [3.05, 3.63) is 47.7 Å².